The van der Waals surface area contributed by atoms with Crippen LogP contribution in [0.2, 0.25) is 0 Å². The van der Waals surface area contributed by atoms with Crippen molar-refractivity contribution in [2.24, 2.45) is 0 Å². The van der Waals surface area contributed by atoms with E-state index in [2.05, 4.69) is 35.7 Å². The monoisotopic (exact) mass is 218 g/mol. The van der Waals surface area contributed by atoms with Crippen molar-refractivity contribution >= 4 is 13.3 Å². The Kier molecular flexibility index (Phi) is 3.77. The number of hydrogen-bond donors (Lipinski definition) is 1. The summed E-state index contributed by atoms with van der Waals surface area (Å²) in [5.41, 5.74) is 2.71. The molecule has 2 rings (SSSR count). The smallest absolute Gasteiger partial charge is 0.418 e. The molecule has 0 atom stereocenters. The van der Waals surface area contributed by atoms with Crippen LogP contribution in [0, 0.1) is 0 Å². The maximum atomic E-state index is 9.75. The maximum absolute atomic E-state index is 9.75. The SMILES string of the molecule is C1=Cc2ccccc2CN1.F[B-](F)(F)F. The number of benzene rings is 1. The number of halogens is 4. The van der Waals surface area contributed by atoms with Crippen LogP contribution in [-0.4, -0.2) is 7.25 Å². The van der Waals surface area contributed by atoms with Gasteiger partial charge in [0, 0.05) is 6.54 Å². The summed E-state index contributed by atoms with van der Waals surface area (Å²) in [6.07, 6.45) is 4.08. The average Bonchev–Trinajstić information content (AvgIpc) is 2.16. The van der Waals surface area contributed by atoms with Gasteiger partial charge < -0.3 is 22.6 Å². The van der Waals surface area contributed by atoms with Crippen molar-refractivity contribution in [1.82, 2.24) is 5.32 Å². The maximum Gasteiger partial charge on any atom is 0.673 e. The van der Waals surface area contributed by atoms with Crippen molar-refractivity contribution < 1.29 is 17.3 Å². The lowest BCUT2D eigenvalue weighted by Crippen LogP contribution is -2.09. The van der Waals surface area contributed by atoms with Gasteiger partial charge in [-0.1, -0.05) is 24.3 Å². The molecule has 1 aromatic rings. The molecule has 0 saturated heterocycles. The molecule has 0 aromatic heterocycles. The Hall–Kier alpha value is -1.46. The molecule has 1 aliphatic rings. The van der Waals surface area contributed by atoms with Gasteiger partial charge >= 0.3 is 7.25 Å². The highest BCUT2D eigenvalue weighted by atomic mass is 19.5. The number of hydrogen-bond acceptors (Lipinski definition) is 1. The molecule has 1 aliphatic heterocycles. The molecule has 1 N–H and O–H groups in total. The molecule has 0 saturated carbocycles. The summed E-state index contributed by atoms with van der Waals surface area (Å²) in [5, 5.41) is 3.16. The molecule has 0 unspecified atom stereocenters. The van der Waals surface area contributed by atoms with E-state index in [0.717, 1.165) is 6.54 Å². The lowest BCUT2D eigenvalue weighted by molar-refractivity contribution is 0.368. The van der Waals surface area contributed by atoms with Crippen LogP contribution in [0.3, 0.4) is 0 Å². The van der Waals surface area contributed by atoms with Gasteiger partial charge in [0.25, 0.3) is 0 Å². The van der Waals surface area contributed by atoms with Crippen molar-refractivity contribution in [3.63, 3.8) is 0 Å². The van der Waals surface area contributed by atoms with Crippen LogP contribution in [0.4, 0.5) is 17.3 Å². The summed E-state index contributed by atoms with van der Waals surface area (Å²) >= 11 is 0. The molecule has 0 spiro atoms. The summed E-state index contributed by atoms with van der Waals surface area (Å²) in [4.78, 5) is 0. The second-order valence-corrected chi connectivity index (χ2v) is 2.91. The van der Waals surface area contributed by atoms with E-state index in [9.17, 15) is 17.3 Å². The lowest BCUT2D eigenvalue weighted by Gasteiger charge is -2.10. The Morgan fingerprint density at radius 2 is 1.67 bits per heavy atom. The van der Waals surface area contributed by atoms with Crippen LogP contribution in [0.15, 0.2) is 30.5 Å². The Labute approximate surface area is 84.9 Å². The zero-order valence-corrected chi connectivity index (χ0v) is 7.76. The minimum Gasteiger partial charge on any atom is -0.418 e. The van der Waals surface area contributed by atoms with Crippen LogP contribution in [0.1, 0.15) is 11.1 Å². The van der Waals surface area contributed by atoms with E-state index < -0.39 is 7.25 Å². The molecule has 0 aliphatic carbocycles. The third-order valence-corrected chi connectivity index (χ3v) is 1.73. The number of rotatable bonds is 0. The highest BCUT2D eigenvalue weighted by Crippen LogP contribution is 2.12. The molecule has 1 aromatic carbocycles. The Morgan fingerprint density at radius 3 is 2.27 bits per heavy atom. The molecular formula is C9H9BF4N-. The summed E-state index contributed by atoms with van der Waals surface area (Å²) in [6.45, 7) is 0.965. The van der Waals surface area contributed by atoms with E-state index in [4.69, 9.17) is 0 Å². The molecule has 1 nitrogen and oxygen atoms in total. The summed E-state index contributed by atoms with van der Waals surface area (Å²) in [7, 11) is -6.00. The zero-order chi connectivity index (χ0) is 11.3. The molecule has 6 heteroatoms. The van der Waals surface area contributed by atoms with Crippen LogP contribution in [0.25, 0.3) is 6.08 Å². The van der Waals surface area contributed by atoms with Gasteiger partial charge in [-0.15, -0.1) is 0 Å². The fraction of sp³-hybridized carbons (Fsp3) is 0.111. The normalized spacial score (nSPS) is 13.3. The van der Waals surface area contributed by atoms with Crippen molar-refractivity contribution in [3.05, 3.63) is 41.6 Å². The average molecular weight is 218 g/mol. The molecule has 0 fully saturated rings. The Bertz CT molecular complexity index is 342. The fourth-order valence-corrected chi connectivity index (χ4v) is 1.18. The third-order valence-electron chi connectivity index (χ3n) is 1.73. The largest absolute Gasteiger partial charge is 0.673 e. The van der Waals surface area contributed by atoms with Crippen molar-refractivity contribution in [2.75, 3.05) is 0 Å². The molecule has 0 bridgehead atoms. The second-order valence-electron chi connectivity index (χ2n) is 2.91. The van der Waals surface area contributed by atoms with Crippen LogP contribution < -0.4 is 5.32 Å². The van der Waals surface area contributed by atoms with E-state index in [-0.39, 0.29) is 0 Å². The minimum atomic E-state index is -6.00. The molecule has 15 heavy (non-hydrogen) atoms. The first-order chi connectivity index (χ1) is 6.97. The van der Waals surface area contributed by atoms with Gasteiger partial charge in [0.1, 0.15) is 0 Å². The molecule has 0 radical (unpaired) electrons. The Balaban J connectivity index is 0.000000195. The highest BCUT2D eigenvalue weighted by molar-refractivity contribution is 6.50. The van der Waals surface area contributed by atoms with Crippen molar-refractivity contribution in [1.29, 1.82) is 0 Å². The van der Waals surface area contributed by atoms with Crippen molar-refractivity contribution in [3.8, 4) is 0 Å². The fourth-order valence-electron chi connectivity index (χ4n) is 1.18. The van der Waals surface area contributed by atoms with Gasteiger partial charge in [-0.2, -0.15) is 0 Å². The van der Waals surface area contributed by atoms with Gasteiger partial charge in [-0.05, 0) is 23.4 Å². The van der Waals surface area contributed by atoms with Gasteiger partial charge in [0.05, 0.1) is 0 Å². The van der Waals surface area contributed by atoms with Crippen molar-refractivity contribution in [2.45, 2.75) is 6.54 Å². The third kappa shape index (κ3) is 5.10. The van der Waals surface area contributed by atoms with Gasteiger partial charge in [-0.25, -0.2) is 0 Å². The van der Waals surface area contributed by atoms with E-state index >= 15 is 0 Å². The number of fused-ring (bicyclic) bond motifs is 1. The standard InChI is InChI=1S/C9H9N.BF4/c1-2-4-9-7-10-6-5-8(9)3-1;2-1(3,4)5/h1-6,10H,7H2;/q;-1. The first kappa shape index (κ1) is 11.6. The summed E-state index contributed by atoms with van der Waals surface area (Å²) < 4.78 is 39.0. The molecule has 82 valence electrons. The van der Waals surface area contributed by atoms with Gasteiger partial charge in [0.15, 0.2) is 0 Å². The predicted molar refractivity (Wildman–Crippen MR) is 52.5 cm³/mol. The minimum absolute atomic E-state index is 0.965. The van der Waals surface area contributed by atoms with E-state index in [1.165, 1.54) is 11.1 Å². The van der Waals surface area contributed by atoms with E-state index in [0.29, 0.717) is 0 Å². The van der Waals surface area contributed by atoms with Crippen LogP contribution >= 0.6 is 0 Å². The van der Waals surface area contributed by atoms with Crippen LogP contribution in [-0.2, 0) is 6.54 Å². The quantitative estimate of drug-likeness (QED) is 0.521. The Morgan fingerprint density at radius 1 is 1.07 bits per heavy atom. The topological polar surface area (TPSA) is 12.0 Å². The molecular weight excluding hydrogens is 209 g/mol. The highest BCUT2D eigenvalue weighted by Gasteiger charge is 2.20. The van der Waals surface area contributed by atoms with Crippen LogP contribution in [0.5, 0.6) is 0 Å². The molecule has 0 amide bonds. The first-order valence-electron chi connectivity index (χ1n) is 4.32. The first-order valence-corrected chi connectivity index (χ1v) is 4.32. The predicted octanol–water partition coefficient (Wildman–Crippen LogP) is 3.06. The summed E-state index contributed by atoms with van der Waals surface area (Å²) in [5.74, 6) is 0. The summed E-state index contributed by atoms with van der Waals surface area (Å²) in [6, 6.07) is 8.41. The van der Waals surface area contributed by atoms with Gasteiger partial charge in [-0.3, -0.25) is 0 Å². The second kappa shape index (κ2) is 4.86. The molecule has 1 heterocycles. The van der Waals surface area contributed by atoms with E-state index in [1.807, 2.05) is 6.20 Å². The lowest BCUT2D eigenvalue weighted by atomic mass is 10.1. The van der Waals surface area contributed by atoms with Gasteiger partial charge in [0.2, 0.25) is 0 Å². The zero-order valence-electron chi connectivity index (χ0n) is 7.76. The number of nitrogens with one attached hydrogen (secondary N) is 1. The van der Waals surface area contributed by atoms with E-state index in [1.54, 1.807) is 0 Å².